The number of hydrogen-bond acceptors (Lipinski definition) is 4. The van der Waals surface area contributed by atoms with E-state index < -0.39 is 0 Å². The number of ether oxygens (including phenoxy) is 1. The van der Waals surface area contributed by atoms with Crippen LogP contribution in [-0.4, -0.2) is 27.6 Å². The van der Waals surface area contributed by atoms with Crippen LogP contribution in [0.2, 0.25) is 0 Å². The molecule has 1 aliphatic rings. The summed E-state index contributed by atoms with van der Waals surface area (Å²) < 4.78 is 8.91. The van der Waals surface area contributed by atoms with Gasteiger partial charge in [0.05, 0.1) is 12.2 Å². The van der Waals surface area contributed by atoms with E-state index in [1.165, 1.54) is 5.56 Å². The van der Waals surface area contributed by atoms with Gasteiger partial charge in [-0.3, -0.25) is 0 Å². The third-order valence-electron chi connectivity index (χ3n) is 3.47. The molecule has 112 valence electrons. The number of fused-ring (bicyclic) bond motifs is 1. The van der Waals surface area contributed by atoms with E-state index in [-0.39, 0.29) is 6.10 Å². The van der Waals surface area contributed by atoms with Gasteiger partial charge in [0, 0.05) is 23.6 Å². The molecule has 2 heterocycles. The van der Waals surface area contributed by atoms with Crippen LogP contribution >= 0.6 is 15.9 Å². The maximum Gasteiger partial charge on any atom is 0.123 e. The van der Waals surface area contributed by atoms with Crippen molar-refractivity contribution in [1.29, 1.82) is 0 Å². The van der Waals surface area contributed by atoms with Gasteiger partial charge in [-0.2, -0.15) is 0 Å². The van der Waals surface area contributed by atoms with E-state index in [0.717, 1.165) is 48.4 Å². The van der Waals surface area contributed by atoms with Gasteiger partial charge in [-0.15, -0.1) is 5.10 Å². The molecule has 0 aliphatic carbocycles. The third-order valence-corrected chi connectivity index (χ3v) is 3.97. The van der Waals surface area contributed by atoms with E-state index in [2.05, 4.69) is 44.5 Å². The Hall–Kier alpha value is -1.40. The Morgan fingerprint density at radius 1 is 1.48 bits per heavy atom. The third kappa shape index (κ3) is 3.63. The van der Waals surface area contributed by atoms with Gasteiger partial charge in [0.2, 0.25) is 0 Å². The van der Waals surface area contributed by atoms with Crippen LogP contribution in [0.25, 0.3) is 0 Å². The molecule has 1 unspecified atom stereocenters. The second-order valence-electron chi connectivity index (χ2n) is 5.30. The Morgan fingerprint density at radius 2 is 2.38 bits per heavy atom. The smallest absolute Gasteiger partial charge is 0.123 e. The van der Waals surface area contributed by atoms with Crippen molar-refractivity contribution in [3.8, 4) is 5.75 Å². The fourth-order valence-electron chi connectivity index (χ4n) is 2.50. The summed E-state index contributed by atoms with van der Waals surface area (Å²) in [6, 6.07) is 6.14. The van der Waals surface area contributed by atoms with E-state index in [1.807, 2.05) is 23.0 Å². The molecule has 0 fully saturated rings. The van der Waals surface area contributed by atoms with E-state index >= 15 is 0 Å². The van der Waals surface area contributed by atoms with Crippen molar-refractivity contribution in [1.82, 2.24) is 20.3 Å². The average Bonchev–Trinajstić information content (AvgIpc) is 3.05. The number of halogens is 1. The van der Waals surface area contributed by atoms with Crippen molar-refractivity contribution >= 4 is 15.9 Å². The van der Waals surface area contributed by atoms with Crippen molar-refractivity contribution < 1.29 is 4.74 Å². The lowest BCUT2D eigenvalue weighted by molar-refractivity contribution is 0.202. The molecule has 1 aromatic heterocycles. The molecule has 1 N–H and O–H groups in total. The summed E-state index contributed by atoms with van der Waals surface area (Å²) in [5, 5.41) is 11.7. The highest BCUT2D eigenvalue weighted by Gasteiger charge is 2.23. The van der Waals surface area contributed by atoms with Crippen molar-refractivity contribution in [2.75, 3.05) is 6.54 Å². The molecule has 21 heavy (non-hydrogen) atoms. The van der Waals surface area contributed by atoms with Gasteiger partial charge in [-0.1, -0.05) is 28.1 Å². The fraction of sp³-hybridized carbons (Fsp3) is 0.467. The molecule has 0 amide bonds. The summed E-state index contributed by atoms with van der Waals surface area (Å²) in [4.78, 5) is 0. The molecule has 0 saturated carbocycles. The molecule has 6 heteroatoms. The Labute approximate surface area is 132 Å². The first-order valence-corrected chi connectivity index (χ1v) is 8.08. The molecule has 3 rings (SSSR count). The molecule has 1 aliphatic heterocycles. The highest BCUT2D eigenvalue weighted by molar-refractivity contribution is 9.10. The predicted molar refractivity (Wildman–Crippen MR) is 84.3 cm³/mol. The van der Waals surface area contributed by atoms with Crippen LogP contribution in [0.4, 0.5) is 0 Å². The molecule has 5 nitrogen and oxygen atoms in total. The Morgan fingerprint density at radius 3 is 3.24 bits per heavy atom. The fourth-order valence-corrected chi connectivity index (χ4v) is 2.91. The van der Waals surface area contributed by atoms with Gasteiger partial charge in [0.15, 0.2) is 0 Å². The Balaban J connectivity index is 1.56. The first-order chi connectivity index (χ1) is 10.2. The van der Waals surface area contributed by atoms with Crippen molar-refractivity contribution in [3.63, 3.8) is 0 Å². The molecular weight excluding hydrogens is 332 g/mol. The van der Waals surface area contributed by atoms with E-state index in [0.29, 0.717) is 0 Å². The van der Waals surface area contributed by atoms with Gasteiger partial charge >= 0.3 is 0 Å². The van der Waals surface area contributed by atoms with Crippen molar-refractivity contribution in [2.24, 2.45) is 0 Å². The summed E-state index contributed by atoms with van der Waals surface area (Å²) in [6.45, 7) is 4.65. The van der Waals surface area contributed by atoms with Gasteiger partial charge in [0.1, 0.15) is 11.9 Å². The monoisotopic (exact) mass is 350 g/mol. The lowest BCUT2D eigenvalue weighted by Crippen LogP contribution is -2.21. The van der Waals surface area contributed by atoms with Crippen LogP contribution in [-0.2, 0) is 19.5 Å². The first-order valence-electron chi connectivity index (χ1n) is 7.29. The summed E-state index contributed by atoms with van der Waals surface area (Å²) in [6.07, 6.45) is 4.16. The van der Waals surface area contributed by atoms with E-state index in [4.69, 9.17) is 4.74 Å². The number of nitrogens with zero attached hydrogens (tertiary/aromatic N) is 3. The van der Waals surface area contributed by atoms with Crippen molar-refractivity contribution in [3.05, 3.63) is 40.1 Å². The quantitative estimate of drug-likeness (QED) is 0.813. The lowest BCUT2D eigenvalue weighted by atomic mass is 10.1. The number of hydrogen-bond donors (Lipinski definition) is 1. The minimum atomic E-state index is 0.132. The Kier molecular flexibility index (Phi) is 4.55. The second kappa shape index (κ2) is 6.58. The van der Waals surface area contributed by atoms with Crippen LogP contribution in [0.3, 0.4) is 0 Å². The predicted octanol–water partition coefficient (Wildman–Crippen LogP) is 2.54. The molecule has 0 spiro atoms. The van der Waals surface area contributed by atoms with Gasteiger partial charge in [-0.25, -0.2) is 4.68 Å². The van der Waals surface area contributed by atoms with Crippen LogP contribution in [0.1, 0.15) is 24.6 Å². The SMILES string of the molecule is CCCNCc1cn(CC2Cc3cc(Br)ccc3O2)nn1. The zero-order valence-electron chi connectivity index (χ0n) is 12.1. The van der Waals surface area contributed by atoms with Crippen molar-refractivity contribution in [2.45, 2.75) is 39.0 Å². The average molecular weight is 351 g/mol. The molecule has 1 atom stereocenters. The molecular formula is C15H19BrN4O. The minimum Gasteiger partial charge on any atom is -0.488 e. The largest absolute Gasteiger partial charge is 0.488 e. The highest BCUT2D eigenvalue weighted by atomic mass is 79.9. The van der Waals surface area contributed by atoms with E-state index in [1.54, 1.807) is 0 Å². The number of rotatable bonds is 6. The normalized spacial score (nSPS) is 16.8. The van der Waals surface area contributed by atoms with Crippen LogP contribution in [0.5, 0.6) is 5.75 Å². The second-order valence-corrected chi connectivity index (χ2v) is 6.22. The minimum absolute atomic E-state index is 0.132. The molecule has 0 radical (unpaired) electrons. The standard InChI is InChI=1S/C15H19BrN4O/c1-2-5-17-8-13-9-20(19-18-13)10-14-7-11-6-12(16)3-4-15(11)21-14/h3-4,6,9,14,17H,2,5,7-8,10H2,1H3. The zero-order valence-corrected chi connectivity index (χ0v) is 13.6. The zero-order chi connectivity index (χ0) is 14.7. The van der Waals surface area contributed by atoms with Gasteiger partial charge in [-0.05, 0) is 36.7 Å². The van der Waals surface area contributed by atoms with Crippen LogP contribution in [0.15, 0.2) is 28.9 Å². The summed E-state index contributed by atoms with van der Waals surface area (Å²) >= 11 is 3.49. The van der Waals surface area contributed by atoms with Gasteiger partial charge in [0.25, 0.3) is 0 Å². The summed E-state index contributed by atoms with van der Waals surface area (Å²) in [5.41, 5.74) is 2.22. The maximum absolute atomic E-state index is 5.95. The number of nitrogens with one attached hydrogen (secondary N) is 1. The summed E-state index contributed by atoms with van der Waals surface area (Å²) in [7, 11) is 0. The number of aromatic nitrogens is 3. The first kappa shape index (κ1) is 14.5. The molecule has 2 aromatic rings. The number of benzene rings is 1. The van der Waals surface area contributed by atoms with Crippen LogP contribution < -0.4 is 10.1 Å². The Bertz CT molecular complexity index is 613. The highest BCUT2D eigenvalue weighted by Crippen LogP contribution is 2.31. The molecule has 0 bridgehead atoms. The molecule has 0 saturated heterocycles. The maximum atomic E-state index is 5.95. The molecule has 1 aromatic carbocycles. The van der Waals surface area contributed by atoms with Crippen LogP contribution in [0, 0.1) is 0 Å². The topological polar surface area (TPSA) is 52.0 Å². The summed E-state index contributed by atoms with van der Waals surface area (Å²) in [5.74, 6) is 0.980. The lowest BCUT2D eigenvalue weighted by Gasteiger charge is -2.09. The van der Waals surface area contributed by atoms with E-state index in [9.17, 15) is 0 Å². The van der Waals surface area contributed by atoms with Gasteiger partial charge < -0.3 is 10.1 Å².